The summed E-state index contributed by atoms with van der Waals surface area (Å²) in [6, 6.07) is 7.04. The fourth-order valence-electron chi connectivity index (χ4n) is 0.995. The van der Waals surface area contributed by atoms with Gasteiger partial charge in [-0.1, -0.05) is 23.7 Å². The molecule has 2 rings (SSSR count). The average molecular weight is 239 g/mol. The van der Waals surface area contributed by atoms with E-state index in [1.807, 2.05) is 6.07 Å². The summed E-state index contributed by atoms with van der Waals surface area (Å²) in [6.45, 7) is 0. The Morgan fingerprint density at radius 3 is 2.47 bits per heavy atom. The van der Waals surface area contributed by atoms with Crippen LogP contribution in [-0.4, -0.2) is 15.1 Å². The Labute approximate surface area is 96.1 Å². The number of halogens is 1. The number of rotatable bonds is 2. The van der Waals surface area contributed by atoms with Crippen LogP contribution < -0.4 is 0 Å². The van der Waals surface area contributed by atoms with Gasteiger partial charge in [0.1, 0.15) is 5.75 Å². The van der Waals surface area contributed by atoms with Gasteiger partial charge in [-0.05, 0) is 23.9 Å². The molecule has 1 heterocycles. The van der Waals surface area contributed by atoms with E-state index in [1.54, 1.807) is 18.2 Å². The molecule has 0 unspecified atom stereocenters. The first kappa shape index (κ1) is 10.3. The van der Waals surface area contributed by atoms with E-state index in [0.717, 1.165) is 4.90 Å². The van der Waals surface area contributed by atoms with E-state index in [4.69, 9.17) is 11.6 Å². The van der Waals surface area contributed by atoms with Crippen molar-refractivity contribution in [3.63, 3.8) is 0 Å². The third kappa shape index (κ3) is 2.61. The number of para-hydroxylation sites is 1. The number of hydrogen-bond donors (Lipinski definition) is 1. The minimum Gasteiger partial charge on any atom is -0.507 e. The molecular formula is C10H7ClN2OS. The van der Waals surface area contributed by atoms with Crippen molar-refractivity contribution in [2.24, 2.45) is 0 Å². The van der Waals surface area contributed by atoms with Gasteiger partial charge in [0.15, 0.2) is 5.16 Å². The van der Waals surface area contributed by atoms with Crippen molar-refractivity contribution in [3.05, 3.63) is 41.7 Å². The summed E-state index contributed by atoms with van der Waals surface area (Å²) in [5.41, 5.74) is 0. The maximum Gasteiger partial charge on any atom is 0.192 e. The third-order valence-electron chi connectivity index (χ3n) is 1.66. The molecule has 1 aromatic heterocycles. The second-order valence-corrected chi connectivity index (χ2v) is 4.20. The summed E-state index contributed by atoms with van der Waals surface area (Å²) >= 11 is 6.95. The van der Waals surface area contributed by atoms with Crippen LogP contribution in [0.5, 0.6) is 5.75 Å². The molecule has 0 radical (unpaired) electrons. The molecule has 0 aliphatic heterocycles. The lowest BCUT2D eigenvalue weighted by Gasteiger charge is -2.01. The van der Waals surface area contributed by atoms with Gasteiger partial charge in [-0.3, -0.25) is 0 Å². The fourth-order valence-corrected chi connectivity index (χ4v) is 1.82. The molecular weight excluding hydrogens is 232 g/mol. The van der Waals surface area contributed by atoms with Crippen LogP contribution in [0.15, 0.2) is 46.7 Å². The Bertz CT molecular complexity index is 461. The van der Waals surface area contributed by atoms with Gasteiger partial charge in [0.05, 0.1) is 22.3 Å². The van der Waals surface area contributed by atoms with E-state index in [2.05, 4.69) is 9.97 Å². The molecule has 0 aliphatic carbocycles. The van der Waals surface area contributed by atoms with Crippen molar-refractivity contribution < 1.29 is 5.11 Å². The molecule has 0 spiro atoms. The van der Waals surface area contributed by atoms with Crippen LogP contribution in [-0.2, 0) is 0 Å². The van der Waals surface area contributed by atoms with Crippen molar-refractivity contribution in [2.75, 3.05) is 0 Å². The van der Waals surface area contributed by atoms with Crippen molar-refractivity contribution in [2.45, 2.75) is 10.1 Å². The highest BCUT2D eigenvalue weighted by atomic mass is 35.5. The van der Waals surface area contributed by atoms with E-state index in [0.29, 0.717) is 10.2 Å². The van der Waals surface area contributed by atoms with Gasteiger partial charge in [-0.15, -0.1) is 0 Å². The summed E-state index contributed by atoms with van der Waals surface area (Å²) in [6.07, 6.45) is 3.05. The van der Waals surface area contributed by atoms with Gasteiger partial charge < -0.3 is 5.11 Å². The largest absolute Gasteiger partial charge is 0.507 e. The van der Waals surface area contributed by atoms with E-state index in [-0.39, 0.29) is 5.75 Å². The van der Waals surface area contributed by atoms with Gasteiger partial charge in [-0.25, -0.2) is 9.97 Å². The minimum atomic E-state index is 0.223. The second-order valence-electron chi connectivity index (χ2n) is 2.75. The zero-order chi connectivity index (χ0) is 10.7. The Balaban J connectivity index is 2.22. The maximum atomic E-state index is 9.52. The van der Waals surface area contributed by atoms with Gasteiger partial charge >= 0.3 is 0 Å². The summed E-state index contributed by atoms with van der Waals surface area (Å²) in [4.78, 5) is 8.77. The first-order valence-electron chi connectivity index (χ1n) is 4.19. The van der Waals surface area contributed by atoms with Crippen molar-refractivity contribution in [1.82, 2.24) is 9.97 Å². The third-order valence-corrected chi connectivity index (χ3v) is 2.82. The molecule has 1 aromatic carbocycles. The van der Waals surface area contributed by atoms with Crippen LogP contribution in [0.3, 0.4) is 0 Å². The SMILES string of the molecule is Oc1ccccc1Sc1ncc(Cl)cn1. The van der Waals surface area contributed by atoms with Gasteiger partial charge in [-0.2, -0.15) is 0 Å². The normalized spacial score (nSPS) is 10.2. The predicted molar refractivity (Wildman–Crippen MR) is 59.3 cm³/mol. The standard InChI is InChI=1S/C10H7ClN2OS/c11-7-5-12-10(13-6-7)15-9-4-2-1-3-8(9)14/h1-6,14H. The molecule has 76 valence electrons. The first-order chi connectivity index (χ1) is 7.25. The predicted octanol–water partition coefficient (Wildman–Crippen LogP) is 2.99. The number of phenols is 1. The zero-order valence-electron chi connectivity index (χ0n) is 7.59. The molecule has 3 nitrogen and oxygen atoms in total. The molecule has 0 fully saturated rings. The molecule has 0 bridgehead atoms. The van der Waals surface area contributed by atoms with Crippen LogP contribution >= 0.6 is 23.4 Å². The summed E-state index contributed by atoms with van der Waals surface area (Å²) in [7, 11) is 0. The quantitative estimate of drug-likeness (QED) is 0.817. The van der Waals surface area contributed by atoms with Crippen LogP contribution in [0.2, 0.25) is 5.02 Å². The smallest absolute Gasteiger partial charge is 0.192 e. The Morgan fingerprint density at radius 2 is 1.80 bits per heavy atom. The van der Waals surface area contributed by atoms with Crippen LogP contribution in [0.1, 0.15) is 0 Å². The number of aromatic nitrogens is 2. The molecule has 0 atom stereocenters. The van der Waals surface area contributed by atoms with Gasteiger partial charge in [0, 0.05) is 0 Å². The fraction of sp³-hybridized carbons (Fsp3) is 0. The monoisotopic (exact) mass is 238 g/mol. The van der Waals surface area contributed by atoms with E-state index < -0.39 is 0 Å². The zero-order valence-corrected chi connectivity index (χ0v) is 9.16. The highest BCUT2D eigenvalue weighted by molar-refractivity contribution is 7.99. The number of phenolic OH excluding ortho intramolecular Hbond substituents is 1. The lowest BCUT2D eigenvalue weighted by atomic mass is 10.3. The van der Waals surface area contributed by atoms with Crippen LogP contribution in [0.4, 0.5) is 0 Å². The lowest BCUT2D eigenvalue weighted by molar-refractivity contribution is 0.462. The van der Waals surface area contributed by atoms with Crippen molar-refractivity contribution >= 4 is 23.4 Å². The average Bonchev–Trinajstić information content (AvgIpc) is 2.25. The van der Waals surface area contributed by atoms with Crippen LogP contribution in [0, 0.1) is 0 Å². The first-order valence-corrected chi connectivity index (χ1v) is 5.38. The topological polar surface area (TPSA) is 46.0 Å². The van der Waals surface area contributed by atoms with E-state index in [1.165, 1.54) is 24.2 Å². The number of aromatic hydroxyl groups is 1. The Kier molecular flexibility index (Phi) is 3.08. The van der Waals surface area contributed by atoms with E-state index in [9.17, 15) is 5.11 Å². The molecule has 0 amide bonds. The molecule has 5 heteroatoms. The number of benzene rings is 1. The molecule has 15 heavy (non-hydrogen) atoms. The van der Waals surface area contributed by atoms with Crippen LogP contribution in [0.25, 0.3) is 0 Å². The molecule has 0 aliphatic rings. The molecule has 1 N–H and O–H groups in total. The number of nitrogens with zero attached hydrogens (tertiary/aromatic N) is 2. The highest BCUT2D eigenvalue weighted by Gasteiger charge is 2.04. The molecule has 0 saturated carbocycles. The minimum absolute atomic E-state index is 0.223. The highest BCUT2D eigenvalue weighted by Crippen LogP contribution is 2.31. The Morgan fingerprint density at radius 1 is 1.13 bits per heavy atom. The molecule has 0 saturated heterocycles. The summed E-state index contributed by atoms with van der Waals surface area (Å²) < 4.78 is 0. The maximum absolute atomic E-state index is 9.52. The van der Waals surface area contributed by atoms with E-state index >= 15 is 0 Å². The molecule has 2 aromatic rings. The second kappa shape index (κ2) is 4.51. The summed E-state index contributed by atoms with van der Waals surface area (Å²) in [5, 5.41) is 10.6. The van der Waals surface area contributed by atoms with Crippen molar-refractivity contribution in [1.29, 1.82) is 0 Å². The van der Waals surface area contributed by atoms with Gasteiger partial charge in [0.25, 0.3) is 0 Å². The lowest BCUT2D eigenvalue weighted by Crippen LogP contribution is -1.84. The van der Waals surface area contributed by atoms with Crippen molar-refractivity contribution in [3.8, 4) is 5.75 Å². The summed E-state index contributed by atoms with van der Waals surface area (Å²) in [5.74, 6) is 0.223. The van der Waals surface area contributed by atoms with Gasteiger partial charge in [0.2, 0.25) is 0 Å². The Hall–Kier alpha value is -1.26. The number of hydrogen-bond acceptors (Lipinski definition) is 4.